The molecule has 1 aromatic heterocycles. The fourth-order valence-electron chi connectivity index (χ4n) is 3.33. The highest BCUT2D eigenvalue weighted by Crippen LogP contribution is 2.48. The van der Waals surface area contributed by atoms with Gasteiger partial charge >= 0.3 is 0 Å². The maximum absolute atomic E-state index is 12.6. The molecule has 1 unspecified atom stereocenters. The van der Waals surface area contributed by atoms with Crippen molar-refractivity contribution < 1.29 is 4.79 Å². The maximum Gasteiger partial charge on any atom is 0.165 e. The van der Waals surface area contributed by atoms with Crippen LogP contribution < -0.4 is 0 Å². The van der Waals surface area contributed by atoms with Crippen LogP contribution in [0.25, 0.3) is 10.9 Å². The number of aromatic nitrogens is 1. The van der Waals surface area contributed by atoms with Crippen molar-refractivity contribution in [1.82, 2.24) is 4.98 Å². The van der Waals surface area contributed by atoms with Gasteiger partial charge in [0.1, 0.15) is 0 Å². The van der Waals surface area contributed by atoms with E-state index in [1.54, 1.807) is 11.8 Å². The minimum atomic E-state index is 0.128. The van der Waals surface area contributed by atoms with Gasteiger partial charge in [-0.15, -0.1) is 11.8 Å². The smallest absolute Gasteiger partial charge is 0.165 e. The van der Waals surface area contributed by atoms with Crippen LogP contribution in [0.4, 0.5) is 0 Å². The predicted molar refractivity (Wildman–Crippen MR) is 96.8 cm³/mol. The van der Waals surface area contributed by atoms with Crippen molar-refractivity contribution in [2.45, 2.75) is 30.4 Å². The Balaban J connectivity index is 1.82. The lowest BCUT2D eigenvalue weighted by atomic mass is 9.98. The van der Waals surface area contributed by atoms with Crippen LogP contribution in [0.5, 0.6) is 0 Å². The highest BCUT2D eigenvalue weighted by molar-refractivity contribution is 7.99. The molecule has 0 amide bonds. The lowest BCUT2D eigenvalue weighted by Gasteiger charge is -2.25. The van der Waals surface area contributed by atoms with Gasteiger partial charge in [0.25, 0.3) is 0 Å². The number of hydrogen-bond acceptors (Lipinski definition) is 2. The minimum absolute atomic E-state index is 0.128. The fraction of sp³-hybridized carbons (Fsp3) is 0.211. The number of carbonyl (C=O) groups excluding carboxylic acids is 1. The monoisotopic (exact) mass is 341 g/mol. The molecule has 4 heteroatoms. The van der Waals surface area contributed by atoms with Crippen molar-refractivity contribution in [3.8, 4) is 0 Å². The van der Waals surface area contributed by atoms with Crippen LogP contribution >= 0.6 is 23.4 Å². The Morgan fingerprint density at radius 3 is 2.87 bits per heavy atom. The van der Waals surface area contributed by atoms with Gasteiger partial charge in [-0.1, -0.05) is 23.2 Å². The molecule has 3 aromatic rings. The quantitative estimate of drug-likeness (QED) is 0.601. The number of nitrogens with one attached hydrogen (secondary N) is 1. The van der Waals surface area contributed by atoms with Crippen molar-refractivity contribution in [1.29, 1.82) is 0 Å². The van der Waals surface area contributed by atoms with E-state index in [4.69, 9.17) is 11.6 Å². The number of benzene rings is 2. The van der Waals surface area contributed by atoms with E-state index >= 15 is 0 Å². The lowest BCUT2D eigenvalue weighted by Crippen LogP contribution is -2.13. The van der Waals surface area contributed by atoms with E-state index < -0.39 is 0 Å². The minimum Gasteiger partial charge on any atom is -0.361 e. The Morgan fingerprint density at radius 1 is 1.22 bits per heavy atom. The van der Waals surface area contributed by atoms with Gasteiger partial charge in [-0.25, -0.2) is 0 Å². The number of thioether (sulfide) groups is 1. The van der Waals surface area contributed by atoms with E-state index in [1.807, 2.05) is 37.4 Å². The molecular weight excluding hydrogens is 326 g/mol. The number of Topliss-reactive ketones (excluding diaryl/α,β-unsaturated/α-hetero) is 1. The number of halogens is 1. The molecule has 1 aliphatic heterocycles. The zero-order valence-corrected chi connectivity index (χ0v) is 14.5. The molecule has 2 nitrogen and oxygen atoms in total. The van der Waals surface area contributed by atoms with Crippen LogP contribution in [0.1, 0.15) is 38.7 Å². The number of aryl methyl sites for hydroxylation is 2. The van der Waals surface area contributed by atoms with Gasteiger partial charge in [-0.3, -0.25) is 4.79 Å². The summed E-state index contributed by atoms with van der Waals surface area (Å²) in [5.41, 5.74) is 5.42. The second-order valence-electron chi connectivity index (χ2n) is 6.13. The van der Waals surface area contributed by atoms with E-state index in [0.717, 1.165) is 37.5 Å². The molecular formula is C19H16ClNOS. The Hall–Kier alpha value is -1.71. The second-order valence-corrected chi connectivity index (χ2v) is 7.78. The molecule has 0 spiro atoms. The summed E-state index contributed by atoms with van der Waals surface area (Å²) in [5, 5.41) is 1.96. The summed E-state index contributed by atoms with van der Waals surface area (Å²) >= 11 is 7.94. The SMILES string of the molecule is Cc1cc(C)c2c(c1)C(=O)CC(c1c[nH]c3ccc(Cl)cc13)S2. The van der Waals surface area contributed by atoms with Crippen LogP contribution in [-0.2, 0) is 0 Å². The van der Waals surface area contributed by atoms with Crippen molar-refractivity contribution >= 4 is 40.0 Å². The molecule has 0 aliphatic carbocycles. The van der Waals surface area contributed by atoms with Crippen LogP contribution in [0.15, 0.2) is 41.4 Å². The molecule has 1 aliphatic rings. The average Bonchev–Trinajstić information content (AvgIpc) is 2.91. The lowest BCUT2D eigenvalue weighted by molar-refractivity contribution is 0.0976. The summed E-state index contributed by atoms with van der Waals surface area (Å²) in [6.45, 7) is 4.12. The molecule has 0 saturated carbocycles. The summed E-state index contributed by atoms with van der Waals surface area (Å²) in [6.07, 6.45) is 2.54. The molecule has 0 fully saturated rings. The molecule has 4 rings (SSSR count). The third-order valence-electron chi connectivity index (χ3n) is 4.37. The first kappa shape index (κ1) is 14.9. The third kappa shape index (κ3) is 2.48. The predicted octanol–water partition coefficient (Wildman–Crippen LogP) is 5.86. The molecule has 1 N–H and O–H groups in total. The number of hydrogen-bond donors (Lipinski definition) is 1. The molecule has 2 aromatic carbocycles. The fourth-order valence-corrected chi connectivity index (χ4v) is 4.89. The summed E-state index contributed by atoms with van der Waals surface area (Å²) in [5.74, 6) is 0.229. The average molecular weight is 342 g/mol. The van der Waals surface area contributed by atoms with E-state index in [-0.39, 0.29) is 11.0 Å². The molecule has 23 heavy (non-hydrogen) atoms. The van der Waals surface area contributed by atoms with Crippen molar-refractivity contribution in [3.63, 3.8) is 0 Å². The molecule has 0 bridgehead atoms. The Morgan fingerprint density at radius 2 is 2.04 bits per heavy atom. The van der Waals surface area contributed by atoms with Crippen molar-refractivity contribution in [2.24, 2.45) is 0 Å². The van der Waals surface area contributed by atoms with Crippen LogP contribution in [0, 0.1) is 13.8 Å². The van der Waals surface area contributed by atoms with Crippen molar-refractivity contribution in [2.75, 3.05) is 0 Å². The number of ketones is 1. The number of carbonyl (C=O) groups is 1. The Kier molecular flexibility index (Phi) is 3.51. The molecule has 0 saturated heterocycles. The first-order valence-corrected chi connectivity index (χ1v) is 8.86. The zero-order chi connectivity index (χ0) is 16.1. The molecule has 116 valence electrons. The van der Waals surface area contributed by atoms with E-state index in [2.05, 4.69) is 18.0 Å². The highest BCUT2D eigenvalue weighted by atomic mass is 35.5. The van der Waals surface area contributed by atoms with E-state index in [9.17, 15) is 4.79 Å². The van der Waals surface area contributed by atoms with Crippen molar-refractivity contribution in [3.05, 3.63) is 63.8 Å². The number of fused-ring (bicyclic) bond motifs is 2. The second kappa shape index (κ2) is 5.43. The van der Waals surface area contributed by atoms with E-state index in [0.29, 0.717) is 6.42 Å². The molecule has 0 radical (unpaired) electrons. The normalized spacial score (nSPS) is 17.5. The van der Waals surface area contributed by atoms with Gasteiger partial charge in [0, 0.05) is 44.3 Å². The Labute approximate surface area is 144 Å². The van der Waals surface area contributed by atoms with Gasteiger partial charge in [0.05, 0.1) is 0 Å². The highest BCUT2D eigenvalue weighted by Gasteiger charge is 2.29. The van der Waals surface area contributed by atoms with Gasteiger partial charge in [-0.2, -0.15) is 0 Å². The van der Waals surface area contributed by atoms with Gasteiger partial charge < -0.3 is 4.98 Å². The third-order valence-corrected chi connectivity index (χ3v) is 6.09. The van der Waals surface area contributed by atoms with Gasteiger partial charge in [0.15, 0.2) is 5.78 Å². The summed E-state index contributed by atoms with van der Waals surface area (Å²) in [4.78, 5) is 17.1. The first-order valence-electron chi connectivity index (χ1n) is 7.60. The van der Waals surface area contributed by atoms with Crippen LogP contribution in [0.3, 0.4) is 0 Å². The Bertz CT molecular complexity index is 944. The number of rotatable bonds is 1. The van der Waals surface area contributed by atoms with Crippen LogP contribution in [0.2, 0.25) is 5.02 Å². The van der Waals surface area contributed by atoms with Gasteiger partial charge in [0.2, 0.25) is 0 Å². The number of aromatic amines is 1. The summed E-state index contributed by atoms with van der Waals surface area (Å²) in [7, 11) is 0. The van der Waals surface area contributed by atoms with Gasteiger partial charge in [-0.05, 0) is 49.2 Å². The van der Waals surface area contributed by atoms with Crippen LogP contribution in [-0.4, -0.2) is 10.8 Å². The zero-order valence-electron chi connectivity index (χ0n) is 12.9. The van der Waals surface area contributed by atoms with E-state index in [1.165, 1.54) is 5.56 Å². The molecule has 2 heterocycles. The summed E-state index contributed by atoms with van der Waals surface area (Å²) < 4.78 is 0. The molecule has 1 atom stereocenters. The summed E-state index contributed by atoms with van der Waals surface area (Å²) in [6, 6.07) is 10.0. The standard InChI is InChI=1S/C19H16ClNOS/c1-10-5-11(2)19-14(6-10)17(22)8-18(23-19)15-9-21-16-4-3-12(20)7-13(15)16/h3-7,9,18,21H,8H2,1-2H3. The largest absolute Gasteiger partial charge is 0.361 e. The topological polar surface area (TPSA) is 32.9 Å². The number of H-pyrrole nitrogens is 1. The first-order chi connectivity index (χ1) is 11.0. The maximum atomic E-state index is 12.6.